The molecule has 0 atom stereocenters. The summed E-state index contributed by atoms with van der Waals surface area (Å²) < 4.78 is 5.50. The normalized spacial score (nSPS) is 11.6. The lowest BCUT2D eigenvalue weighted by molar-refractivity contribution is 1.02. The van der Waals surface area contributed by atoms with Crippen molar-refractivity contribution in [1.29, 1.82) is 0 Å². The van der Waals surface area contributed by atoms with E-state index in [4.69, 9.17) is 19.3 Å². The Bertz CT molecular complexity index is 1150. The summed E-state index contributed by atoms with van der Waals surface area (Å²) in [6.07, 6.45) is 22.5. The summed E-state index contributed by atoms with van der Waals surface area (Å²) in [4.78, 5) is 0. The molecule has 0 saturated heterocycles. The number of hydrogen-bond donors (Lipinski definition) is 0. The van der Waals surface area contributed by atoms with Gasteiger partial charge in [-0.15, -0.1) is 19.3 Å². The van der Waals surface area contributed by atoms with E-state index in [9.17, 15) is 0 Å². The molecule has 0 nitrogen and oxygen atoms in total. The van der Waals surface area contributed by atoms with E-state index in [-0.39, 0.29) is 0 Å². The van der Waals surface area contributed by atoms with Gasteiger partial charge < -0.3 is 0 Å². The molecule has 4 rings (SSSR count). The zero-order valence-corrected chi connectivity index (χ0v) is 26.8. The van der Waals surface area contributed by atoms with E-state index in [1.54, 1.807) is 18.2 Å². The third-order valence-electron chi connectivity index (χ3n) is 4.50. The second-order valence-corrected chi connectivity index (χ2v) is 12.2. The van der Waals surface area contributed by atoms with E-state index < -0.39 is 0 Å². The molecular weight excluding hydrogens is 868 g/mol. The van der Waals surface area contributed by atoms with Crippen LogP contribution in [-0.4, -0.2) is 0 Å². The van der Waals surface area contributed by atoms with Gasteiger partial charge in [0.2, 0.25) is 0 Å². The van der Waals surface area contributed by atoms with Gasteiger partial charge in [-0.3, -0.25) is 0 Å². The molecule has 3 aromatic carbocycles. The molecule has 0 aromatic heterocycles. The van der Waals surface area contributed by atoms with Crippen molar-refractivity contribution in [2.45, 2.75) is 12.8 Å². The van der Waals surface area contributed by atoms with Crippen LogP contribution in [0.4, 0.5) is 0 Å². The Morgan fingerprint density at radius 1 is 0.500 bits per heavy atom. The van der Waals surface area contributed by atoms with Crippen molar-refractivity contribution in [3.8, 4) is 48.2 Å². The Hall–Kier alpha value is -1.26. The maximum absolute atomic E-state index is 5.21. The van der Waals surface area contributed by atoms with Gasteiger partial charge in [0, 0.05) is 23.8 Å². The number of halogens is 4. The molecule has 34 heavy (non-hydrogen) atoms. The summed E-state index contributed by atoms with van der Waals surface area (Å²) in [7, 11) is 0. The quantitative estimate of drug-likeness (QED) is 0.169. The fraction of sp³-hybridized carbons (Fsp3) is 0.0667. The van der Waals surface area contributed by atoms with Crippen LogP contribution in [0.2, 0.25) is 0 Å². The van der Waals surface area contributed by atoms with Gasteiger partial charge in [0.1, 0.15) is 0 Å². The van der Waals surface area contributed by atoms with Gasteiger partial charge in [-0.1, -0.05) is 54.2 Å². The average molecular weight is 888 g/mol. The van der Waals surface area contributed by atoms with Gasteiger partial charge in [0.15, 0.2) is 0 Å². The second kappa shape index (κ2) is 15.7. The molecule has 0 radical (unpaired) electrons. The van der Waals surface area contributed by atoms with Crippen LogP contribution in [0.25, 0.3) is 11.1 Å². The SMILES string of the molecule is C#Cc1cc(C#C)cc(C#C)c1.IC1=CC=C(I)CC1.Ic1ccc(-c2ccc(I)cc2)cc1. The first kappa shape index (κ1) is 29.0. The molecule has 1 aliphatic rings. The summed E-state index contributed by atoms with van der Waals surface area (Å²) in [5.74, 6) is 7.46. The highest BCUT2D eigenvalue weighted by molar-refractivity contribution is 14.1. The summed E-state index contributed by atoms with van der Waals surface area (Å²) >= 11 is 9.40. The van der Waals surface area contributed by atoms with Crippen molar-refractivity contribution in [3.05, 3.63) is 110 Å². The topological polar surface area (TPSA) is 0 Å². The van der Waals surface area contributed by atoms with Gasteiger partial charge in [-0.2, -0.15) is 0 Å². The zero-order valence-electron chi connectivity index (χ0n) is 18.2. The van der Waals surface area contributed by atoms with Crippen LogP contribution in [-0.2, 0) is 0 Å². The van der Waals surface area contributed by atoms with Crippen LogP contribution in [0, 0.1) is 44.2 Å². The lowest BCUT2D eigenvalue weighted by Crippen LogP contribution is -1.82. The van der Waals surface area contributed by atoms with Crippen molar-refractivity contribution in [2.24, 2.45) is 0 Å². The van der Waals surface area contributed by atoms with E-state index in [0.29, 0.717) is 0 Å². The summed E-state index contributed by atoms with van der Waals surface area (Å²) in [6.45, 7) is 0. The van der Waals surface area contributed by atoms with E-state index in [1.165, 1.54) is 38.3 Å². The number of allylic oxidation sites excluding steroid dienone is 4. The first-order chi connectivity index (χ1) is 16.3. The van der Waals surface area contributed by atoms with Crippen molar-refractivity contribution in [2.75, 3.05) is 0 Å². The van der Waals surface area contributed by atoms with Crippen molar-refractivity contribution in [1.82, 2.24) is 0 Å². The molecule has 0 aliphatic heterocycles. The van der Waals surface area contributed by atoms with Crippen LogP contribution in [0.1, 0.15) is 29.5 Å². The van der Waals surface area contributed by atoms with Crippen molar-refractivity contribution >= 4 is 90.4 Å². The number of benzene rings is 3. The molecule has 0 heterocycles. The molecule has 0 N–H and O–H groups in total. The Labute approximate surface area is 258 Å². The first-order valence-corrected chi connectivity index (χ1v) is 14.4. The second-order valence-electron chi connectivity index (χ2n) is 6.97. The molecule has 0 bridgehead atoms. The highest BCUT2D eigenvalue weighted by Crippen LogP contribution is 2.26. The van der Waals surface area contributed by atoms with Gasteiger partial charge in [0.25, 0.3) is 0 Å². The van der Waals surface area contributed by atoms with Crippen LogP contribution >= 0.6 is 90.4 Å². The molecule has 0 unspecified atom stereocenters. The minimum Gasteiger partial charge on any atom is -0.115 e. The standard InChI is InChI=1S/C12H8I2.C12H6.C6H6I2/c13-11-5-1-9(2-6-11)10-3-7-12(14)8-4-10;1-4-10-7-11(5-2)9-12(6-3)8-10;7-5-1-2-6(8)4-3-5/h1-8H;1-3,7-9H;1-2H,3-4H2. The maximum Gasteiger partial charge on any atom is 0.0267 e. The number of terminal acetylenes is 3. The predicted molar refractivity (Wildman–Crippen MR) is 181 cm³/mol. The van der Waals surface area contributed by atoms with Gasteiger partial charge in [0.05, 0.1) is 0 Å². The van der Waals surface area contributed by atoms with Crippen molar-refractivity contribution < 1.29 is 0 Å². The van der Waals surface area contributed by atoms with Gasteiger partial charge in [-0.25, -0.2) is 0 Å². The summed E-state index contributed by atoms with van der Waals surface area (Å²) in [5.41, 5.74) is 4.72. The van der Waals surface area contributed by atoms with Crippen LogP contribution in [0.5, 0.6) is 0 Å². The third-order valence-corrected chi connectivity index (χ3v) is 7.74. The van der Waals surface area contributed by atoms with Crippen LogP contribution < -0.4 is 0 Å². The van der Waals surface area contributed by atoms with Crippen LogP contribution in [0.3, 0.4) is 0 Å². The molecule has 4 heteroatoms. The van der Waals surface area contributed by atoms with E-state index in [0.717, 1.165) is 16.7 Å². The Morgan fingerprint density at radius 3 is 1.03 bits per heavy atom. The highest BCUT2D eigenvalue weighted by Gasteiger charge is 1.99. The van der Waals surface area contributed by atoms with Crippen LogP contribution in [0.15, 0.2) is 86.0 Å². The number of rotatable bonds is 1. The van der Waals surface area contributed by atoms with E-state index in [1.807, 2.05) is 0 Å². The zero-order chi connectivity index (χ0) is 24.9. The maximum atomic E-state index is 5.21. The first-order valence-electron chi connectivity index (χ1n) is 10.1. The van der Waals surface area contributed by atoms with E-state index >= 15 is 0 Å². The summed E-state index contributed by atoms with van der Waals surface area (Å²) in [5, 5.41) is 0. The molecule has 0 amide bonds. The Kier molecular flexibility index (Phi) is 13.4. The monoisotopic (exact) mass is 888 g/mol. The van der Waals surface area contributed by atoms with Gasteiger partial charge in [-0.05, 0) is 164 Å². The molecule has 0 fully saturated rings. The lowest BCUT2D eigenvalue weighted by atomic mass is 10.1. The minimum atomic E-state index is 0.721. The summed E-state index contributed by atoms with van der Waals surface area (Å²) in [6, 6.07) is 22.4. The fourth-order valence-corrected chi connectivity index (χ4v) is 4.37. The molecule has 0 spiro atoms. The average Bonchev–Trinajstić information content (AvgIpc) is 2.87. The lowest BCUT2D eigenvalue weighted by Gasteiger charge is -2.02. The molecular formula is C30H20I4. The third kappa shape index (κ3) is 10.6. The molecule has 168 valence electrons. The van der Waals surface area contributed by atoms with Gasteiger partial charge >= 0.3 is 0 Å². The molecule has 0 saturated carbocycles. The Morgan fingerprint density at radius 2 is 0.794 bits per heavy atom. The largest absolute Gasteiger partial charge is 0.115 e. The smallest absolute Gasteiger partial charge is 0.0267 e. The van der Waals surface area contributed by atoms with Crippen molar-refractivity contribution in [3.63, 3.8) is 0 Å². The highest BCUT2D eigenvalue weighted by atomic mass is 127. The molecule has 1 aliphatic carbocycles. The predicted octanol–water partition coefficient (Wildman–Crippen LogP) is 9.61. The minimum absolute atomic E-state index is 0.721. The fourth-order valence-electron chi connectivity index (χ4n) is 2.75. The number of hydrogen-bond acceptors (Lipinski definition) is 0. The van der Waals surface area contributed by atoms with E-state index in [2.05, 4.69) is 169 Å². The Balaban J connectivity index is 0.000000187. The molecule has 3 aromatic rings.